The maximum atomic E-state index is 5.57. The molecule has 0 atom stereocenters. The molecule has 0 aliphatic rings. The minimum absolute atomic E-state index is 0.731. The van der Waals surface area contributed by atoms with Crippen LogP contribution in [0.5, 0.6) is 0 Å². The molecular formula is C4H9Cl3Si. The second kappa shape index (κ2) is 6.21. The fourth-order valence-corrected chi connectivity index (χ4v) is 2.11. The van der Waals surface area contributed by atoms with Crippen molar-refractivity contribution in [1.29, 1.82) is 0 Å². The van der Waals surface area contributed by atoms with Crippen LogP contribution >= 0.6 is 33.8 Å². The zero-order valence-corrected chi connectivity index (χ0v) is 7.96. The first kappa shape index (κ1) is 9.09. The number of halogens is 3. The highest BCUT2D eigenvalue weighted by molar-refractivity contribution is 7.33. The summed E-state index contributed by atoms with van der Waals surface area (Å²) in [5, 5.41) is 0. The van der Waals surface area contributed by atoms with Gasteiger partial charge in [-0.15, -0.1) is 11.6 Å². The molecule has 0 amide bonds. The minimum atomic E-state index is -1.32. The van der Waals surface area contributed by atoms with Gasteiger partial charge < -0.3 is 0 Å². The van der Waals surface area contributed by atoms with E-state index in [2.05, 4.69) is 0 Å². The second-order valence-electron chi connectivity index (χ2n) is 1.58. The first-order valence-electron chi connectivity index (χ1n) is 2.61. The van der Waals surface area contributed by atoms with Crippen molar-refractivity contribution in [2.45, 2.75) is 18.9 Å². The number of hydrogen-bond donors (Lipinski definition) is 0. The maximum Gasteiger partial charge on any atom is 0.237 e. The Kier molecular flexibility index (Phi) is 7.05. The van der Waals surface area contributed by atoms with Gasteiger partial charge in [-0.3, -0.25) is 0 Å². The normalized spacial score (nSPS) is 10.5. The Morgan fingerprint density at radius 3 is 2.12 bits per heavy atom. The van der Waals surface area contributed by atoms with Gasteiger partial charge in [0.25, 0.3) is 0 Å². The van der Waals surface area contributed by atoms with Gasteiger partial charge in [0, 0.05) is 5.88 Å². The van der Waals surface area contributed by atoms with Crippen molar-refractivity contribution in [1.82, 2.24) is 0 Å². The van der Waals surface area contributed by atoms with Crippen molar-refractivity contribution in [3.05, 3.63) is 0 Å². The monoisotopic (exact) mass is 190 g/mol. The molecule has 0 aromatic heterocycles. The van der Waals surface area contributed by atoms with E-state index < -0.39 is 7.42 Å². The molecular weight excluding hydrogens is 182 g/mol. The van der Waals surface area contributed by atoms with E-state index in [0.717, 1.165) is 24.8 Å². The van der Waals surface area contributed by atoms with Gasteiger partial charge in [-0.1, -0.05) is 6.42 Å². The van der Waals surface area contributed by atoms with E-state index in [4.69, 9.17) is 33.8 Å². The highest BCUT2D eigenvalue weighted by Crippen LogP contribution is 2.08. The molecule has 0 nitrogen and oxygen atoms in total. The van der Waals surface area contributed by atoms with Crippen molar-refractivity contribution >= 4 is 41.2 Å². The quantitative estimate of drug-likeness (QED) is 0.277. The van der Waals surface area contributed by atoms with Crippen LogP contribution in [0.4, 0.5) is 0 Å². The van der Waals surface area contributed by atoms with Gasteiger partial charge in [0.15, 0.2) is 0 Å². The molecule has 0 spiro atoms. The Balaban J connectivity index is 2.72. The molecule has 0 saturated carbocycles. The van der Waals surface area contributed by atoms with Crippen LogP contribution in [0.15, 0.2) is 0 Å². The summed E-state index contributed by atoms with van der Waals surface area (Å²) in [4.78, 5) is 0. The summed E-state index contributed by atoms with van der Waals surface area (Å²) >= 11 is 16.6. The lowest BCUT2D eigenvalue weighted by molar-refractivity contribution is 0.887. The Morgan fingerprint density at radius 1 is 1.12 bits per heavy atom. The highest BCUT2D eigenvalue weighted by atomic mass is 35.7. The Labute approximate surface area is 66.1 Å². The standard InChI is InChI=1S/C4H9Cl3Si/c5-3-1-2-4-8(6)7/h8H,1-4H2. The Bertz CT molecular complexity index is 48.5. The van der Waals surface area contributed by atoms with Crippen LogP contribution < -0.4 is 0 Å². The van der Waals surface area contributed by atoms with Crippen molar-refractivity contribution in [2.75, 3.05) is 5.88 Å². The average molecular weight is 192 g/mol. The summed E-state index contributed by atoms with van der Waals surface area (Å²) in [7, 11) is -1.32. The lowest BCUT2D eigenvalue weighted by Gasteiger charge is -1.94. The molecule has 0 aliphatic heterocycles. The first-order valence-corrected chi connectivity index (χ1v) is 7.45. The van der Waals surface area contributed by atoms with E-state index in [0.29, 0.717) is 0 Å². The van der Waals surface area contributed by atoms with Crippen LogP contribution in [-0.4, -0.2) is 13.3 Å². The molecule has 0 N–H and O–H groups in total. The molecule has 8 heavy (non-hydrogen) atoms. The average Bonchev–Trinajstić information content (AvgIpc) is 1.66. The third kappa shape index (κ3) is 7.09. The molecule has 0 aromatic carbocycles. The summed E-state index contributed by atoms with van der Waals surface area (Å²) in [6.45, 7) is 0. The van der Waals surface area contributed by atoms with Crippen LogP contribution in [0.1, 0.15) is 12.8 Å². The summed E-state index contributed by atoms with van der Waals surface area (Å²) < 4.78 is 0. The lowest BCUT2D eigenvalue weighted by atomic mass is 10.4. The van der Waals surface area contributed by atoms with Gasteiger partial charge in [-0.2, -0.15) is 22.2 Å². The van der Waals surface area contributed by atoms with E-state index in [1.54, 1.807) is 0 Å². The molecule has 0 rings (SSSR count). The molecule has 0 unspecified atom stereocenters. The number of unbranched alkanes of at least 4 members (excludes halogenated alkanes) is 1. The first-order chi connectivity index (χ1) is 3.77. The van der Waals surface area contributed by atoms with Crippen molar-refractivity contribution in [3.63, 3.8) is 0 Å². The van der Waals surface area contributed by atoms with Crippen molar-refractivity contribution < 1.29 is 0 Å². The van der Waals surface area contributed by atoms with Crippen molar-refractivity contribution in [2.24, 2.45) is 0 Å². The summed E-state index contributed by atoms with van der Waals surface area (Å²) in [5.74, 6) is 0.731. The van der Waals surface area contributed by atoms with Crippen LogP contribution in [-0.2, 0) is 0 Å². The van der Waals surface area contributed by atoms with E-state index >= 15 is 0 Å². The maximum absolute atomic E-state index is 5.57. The molecule has 0 aliphatic carbocycles. The van der Waals surface area contributed by atoms with Gasteiger partial charge in [0.1, 0.15) is 0 Å². The third-order valence-corrected chi connectivity index (χ3v) is 3.23. The van der Waals surface area contributed by atoms with Crippen LogP contribution in [0.25, 0.3) is 0 Å². The van der Waals surface area contributed by atoms with Crippen LogP contribution in [0, 0.1) is 0 Å². The zero-order chi connectivity index (χ0) is 6.41. The van der Waals surface area contributed by atoms with Gasteiger partial charge in [0.05, 0.1) is 0 Å². The van der Waals surface area contributed by atoms with Crippen LogP contribution in [0.2, 0.25) is 6.04 Å². The molecule has 0 fully saturated rings. The predicted octanol–water partition coefficient (Wildman–Crippen LogP) is 2.70. The van der Waals surface area contributed by atoms with Gasteiger partial charge in [-0.05, 0) is 12.5 Å². The van der Waals surface area contributed by atoms with E-state index in [1.165, 1.54) is 0 Å². The van der Waals surface area contributed by atoms with Gasteiger partial charge >= 0.3 is 0 Å². The molecule has 0 aromatic rings. The van der Waals surface area contributed by atoms with E-state index in [-0.39, 0.29) is 0 Å². The zero-order valence-electron chi connectivity index (χ0n) is 4.54. The molecule has 0 saturated heterocycles. The molecule has 50 valence electrons. The van der Waals surface area contributed by atoms with Gasteiger partial charge in [0.2, 0.25) is 7.42 Å². The number of alkyl halides is 1. The van der Waals surface area contributed by atoms with E-state index in [1.807, 2.05) is 0 Å². The molecule has 0 heterocycles. The second-order valence-corrected chi connectivity index (χ2v) is 7.14. The SMILES string of the molecule is ClCCCC[SiH](Cl)Cl. The Hall–Kier alpha value is 1.09. The van der Waals surface area contributed by atoms with Crippen LogP contribution in [0.3, 0.4) is 0 Å². The fraction of sp³-hybridized carbons (Fsp3) is 1.00. The predicted molar refractivity (Wildman–Crippen MR) is 43.6 cm³/mol. The summed E-state index contributed by atoms with van der Waals surface area (Å²) in [5.41, 5.74) is 0. The summed E-state index contributed by atoms with van der Waals surface area (Å²) in [6.07, 6.45) is 2.14. The third-order valence-electron chi connectivity index (χ3n) is 0.806. The van der Waals surface area contributed by atoms with Gasteiger partial charge in [-0.25, -0.2) is 0 Å². The van der Waals surface area contributed by atoms with E-state index in [9.17, 15) is 0 Å². The molecule has 4 heteroatoms. The number of hydrogen-bond acceptors (Lipinski definition) is 0. The Morgan fingerprint density at radius 2 is 1.75 bits per heavy atom. The highest BCUT2D eigenvalue weighted by Gasteiger charge is 1.98. The van der Waals surface area contributed by atoms with Crippen molar-refractivity contribution in [3.8, 4) is 0 Å². The largest absolute Gasteiger partial charge is 0.237 e. The topological polar surface area (TPSA) is 0 Å². The number of rotatable bonds is 4. The fourth-order valence-electron chi connectivity index (χ4n) is 0.393. The molecule has 0 radical (unpaired) electrons. The molecule has 0 bridgehead atoms. The minimum Gasteiger partial charge on any atom is -0.150 e. The smallest absolute Gasteiger partial charge is 0.150 e. The lowest BCUT2D eigenvalue weighted by Crippen LogP contribution is -1.90. The summed E-state index contributed by atoms with van der Waals surface area (Å²) in [6, 6.07) is 0.996.